The number of thiazole rings is 1. The van der Waals surface area contributed by atoms with Crippen molar-refractivity contribution < 1.29 is 0 Å². The van der Waals surface area contributed by atoms with Crippen molar-refractivity contribution in [2.75, 3.05) is 0 Å². The number of hydrogen-bond donors (Lipinski definition) is 2. The van der Waals surface area contributed by atoms with Crippen LogP contribution in [0.15, 0.2) is 17.3 Å². The molecule has 0 atom stereocenters. The minimum atomic E-state index is -0.198. The van der Waals surface area contributed by atoms with Crippen LogP contribution < -0.4 is 5.56 Å². The molecule has 7 heteroatoms. The highest BCUT2D eigenvalue weighted by Crippen LogP contribution is 2.36. The molecule has 0 bridgehead atoms. The molecule has 4 rings (SSSR count). The van der Waals surface area contributed by atoms with Crippen molar-refractivity contribution in [1.82, 2.24) is 24.9 Å². The minimum Gasteiger partial charge on any atom is -0.331 e. The first-order valence-corrected chi connectivity index (χ1v) is 8.02. The Labute approximate surface area is 124 Å². The molecule has 0 unspecified atom stereocenters. The molecule has 1 aliphatic carbocycles. The van der Waals surface area contributed by atoms with Crippen LogP contribution in [0.1, 0.15) is 43.0 Å². The number of nitrogens with zero attached hydrogens (tertiary/aromatic N) is 3. The third-order valence-electron chi connectivity index (χ3n) is 4.01. The molecule has 1 fully saturated rings. The summed E-state index contributed by atoms with van der Waals surface area (Å²) in [5, 5.41) is 1.19. The molecule has 1 aliphatic rings. The van der Waals surface area contributed by atoms with Crippen LogP contribution >= 0.6 is 11.3 Å². The van der Waals surface area contributed by atoms with Gasteiger partial charge in [-0.05, 0) is 12.8 Å². The Bertz CT molecular complexity index is 827. The van der Waals surface area contributed by atoms with Crippen molar-refractivity contribution in [3.8, 4) is 10.7 Å². The first-order chi connectivity index (χ1) is 10.3. The quantitative estimate of drug-likeness (QED) is 0.762. The number of fused-ring (bicyclic) bond motifs is 1. The molecule has 0 radical (unpaired) electrons. The zero-order chi connectivity index (χ0) is 14.2. The van der Waals surface area contributed by atoms with Gasteiger partial charge in [0.2, 0.25) is 0 Å². The molecule has 108 valence electrons. The summed E-state index contributed by atoms with van der Waals surface area (Å²) in [6.45, 7) is 0. The Balaban J connectivity index is 1.70. The lowest BCUT2D eigenvalue weighted by Gasteiger charge is -2.18. The van der Waals surface area contributed by atoms with E-state index < -0.39 is 0 Å². The standard InChI is InChI=1S/C14H15N5OS/c20-13-10-12(16-7-17-13)19-11(18-10)9-6-15-14(21-9)8-4-2-1-3-5-8/h6-8H,1-5H2,(H2,16,17,18,19,20). The second-order valence-corrected chi connectivity index (χ2v) is 6.48. The number of H-pyrrole nitrogens is 2. The van der Waals surface area contributed by atoms with Crippen LogP contribution in [-0.2, 0) is 0 Å². The molecule has 2 N–H and O–H groups in total. The van der Waals surface area contributed by atoms with Crippen LogP contribution in [0.3, 0.4) is 0 Å². The van der Waals surface area contributed by atoms with E-state index in [0.29, 0.717) is 22.9 Å². The van der Waals surface area contributed by atoms with E-state index in [-0.39, 0.29) is 5.56 Å². The minimum absolute atomic E-state index is 0.198. The maximum atomic E-state index is 11.7. The van der Waals surface area contributed by atoms with Crippen LogP contribution in [0.4, 0.5) is 0 Å². The molecular weight excluding hydrogens is 286 g/mol. The Kier molecular flexibility index (Phi) is 3.07. The molecule has 1 saturated carbocycles. The first kappa shape index (κ1) is 12.7. The number of aromatic nitrogens is 5. The van der Waals surface area contributed by atoms with E-state index >= 15 is 0 Å². The fourth-order valence-electron chi connectivity index (χ4n) is 2.89. The first-order valence-electron chi connectivity index (χ1n) is 7.21. The molecule has 3 heterocycles. The third-order valence-corrected chi connectivity index (χ3v) is 5.17. The Morgan fingerprint density at radius 3 is 2.86 bits per heavy atom. The van der Waals surface area contributed by atoms with Gasteiger partial charge in [-0.1, -0.05) is 19.3 Å². The molecule has 0 aliphatic heterocycles. The molecule has 3 aromatic heterocycles. The zero-order valence-corrected chi connectivity index (χ0v) is 12.2. The summed E-state index contributed by atoms with van der Waals surface area (Å²) < 4.78 is 0. The Morgan fingerprint density at radius 2 is 2.05 bits per heavy atom. The van der Waals surface area contributed by atoms with E-state index in [9.17, 15) is 4.79 Å². The summed E-state index contributed by atoms with van der Waals surface area (Å²) in [5.41, 5.74) is 0.664. The topological polar surface area (TPSA) is 87.3 Å². The summed E-state index contributed by atoms with van der Waals surface area (Å²) in [6, 6.07) is 0. The van der Waals surface area contributed by atoms with Gasteiger partial charge in [0.15, 0.2) is 17.0 Å². The maximum absolute atomic E-state index is 11.7. The van der Waals surface area contributed by atoms with Gasteiger partial charge in [0.25, 0.3) is 5.56 Å². The van der Waals surface area contributed by atoms with Gasteiger partial charge in [0.05, 0.1) is 16.2 Å². The largest absolute Gasteiger partial charge is 0.331 e. The molecule has 0 aromatic carbocycles. The number of rotatable bonds is 2. The Morgan fingerprint density at radius 1 is 1.19 bits per heavy atom. The highest BCUT2D eigenvalue weighted by molar-refractivity contribution is 7.15. The lowest BCUT2D eigenvalue weighted by Crippen LogP contribution is -2.05. The molecule has 21 heavy (non-hydrogen) atoms. The van der Waals surface area contributed by atoms with Crippen molar-refractivity contribution >= 4 is 22.5 Å². The Hall–Kier alpha value is -2.02. The van der Waals surface area contributed by atoms with Crippen molar-refractivity contribution in [2.45, 2.75) is 38.0 Å². The summed E-state index contributed by atoms with van der Waals surface area (Å²) >= 11 is 1.67. The molecule has 3 aromatic rings. The van der Waals surface area contributed by atoms with Crippen LogP contribution in [0.25, 0.3) is 21.9 Å². The predicted molar refractivity (Wildman–Crippen MR) is 81.4 cm³/mol. The normalized spacial score (nSPS) is 16.6. The lowest BCUT2D eigenvalue weighted by molar-refractivity contribution is 0.442. The van der Waals surface area contributed by atoms with Gasteiger partial charge < -0.3 is 9.97 Å². The van der Waals surface area contributed by atoms with Crippen molar-refractivity contribution in [3.63, 3.8) is 0 Å². The second-order valence-electron chi connectivity index (χ2n) is 5.41. The van der Waals surface area contributed by atoms with Gasteiger partial charge in [0, 0.05) is 12.1 Å². The summed E-state index contributed by atoms with van der Waals surface area (Å²) in [4.78, 5) is 31.3. The fraction of sp³-hybridized carbons (Fsp3) is 0.429. The van der Waals surface area contributed by atoms with Gasteiger partial charge in [-0.25, -0.2) is 15.0 Å². The zero-order valence-electron chi connectivity index (χ0n) is 11.4. The predicted octanol–water partition coefficient (Wildman–Crippen LogP) is 2.82. The molecule has 0 amide bonds. The fourth-order valence-corrected chi connectivity index (χ4v) is 3.92. The molecule has 0 saturated heterocycles. The SMILES string of the molecule is O=c1[nH]cnc2nc(-c3cnc(C4CCCCC4)s3)[nH]c12. The van der Waals surface area contributed by atoms with Crippen LogP contribution in [-0.4, -0.2) is 24.9 Å². The molecular formula is C14H15N5OS. The van der Waals surface area contributed by atoms with Crippen LogP contribution in [0, 0.1) is 0 Å². The van der Waals surface area contributed by atoms with E-state index in [1.165, 1.54) is 43.4 Å². The monoisotopic (exact) mass is 301 g/mol. The van der Waals surface area contributed by atoms with Crippen molar-refractivity contribution in [2.24, 2.45) is 0 Å². The summed E-state index contributed by atoms with van der Waals surface area (Å²) in [5.74, 6) is 1.26. The van der Waals surface area contributed by atoms with Crippen molar-refractivity contribution in [3.05, 3.63) is 27.9 Å². The average molecular weight is 301 g/mol. The van der Waals surface area contributed by atoms with Crippen LogP contribution in [0.5, 0.6) is 0 Å². The van der Waals surface area contributed by atoms with Gasteiger partial charge in [-0.2, -0.15) is 0 Å². The van der Waals surface area contributed by atoms with Crippen molar-refractivity contribution in [1.29, 1.82) is 0 Å². The van der Waals surface area contributed by atoms with E-state index in [1.54, 1.807) is 11.3 Å². The van der Waals surface area contributed by atoms with Gasteiger partial charge in [-0.3, -0.25) is 4.79 Å². The highest BCUT2D eigenvalue weighted by atomic mass is 32.1. The molecule has 0 spiro atoms. The number of aromatic amines is 2. The van der Waals surface area contributed by atoms with Crippen LogP contribution in [0.2, 0.25) is 0 Å². The highest BCUT2D eigenvalue weighted by Gasteiger charge is 2.20. The van der Waals surface area contributed by atoms with Gasteiger partial charge in [0.1, 0.15) is 0 Å². The molecule has 6 nitrogen and oxygen atoms in total. The number of nitrogens with one attached hydrogen (secondary N) is 2. The third kappa shape index (κ3) is 2.27. The second kappa shape index (κ2) is 5.07. The lowest BCUT2D eigenvalue weighted by atomic mass is 9.90. The number of imidazole rings is 1. The van der Waals surface area contributed by atoms with Gasteiger partial charge in [-0.15, -0.1) is 11.3 Å². The summed E-state index contributed by atoms with van der Waals surface area (Å²) in [7, 11) is 0. The van der Waals surface area contributed by atoms with Gasteiger partial charge >= 0.3 is 0 Å². The summed E-state index contributed by atoms with van der Waals surface area (Å²) in [6.07, 6.45) is 9.61. The van der Waals surface area contributed by atoms with E-state index in [0.717, 1.165) is 4.88 Å². The van der Waals surface area contributed by atoms with E-state index in [2.05, 4.69) is 24.9 Å². The number of hydrogen-bond acceptors (Lipinski definition) is 5. The van der Waals surface area contributed by atoms with E-state index in [4.69, 9.17) is 0 Å². The maximum Gasteiger partial charge on any atom is 0.276 e. The smallest absolute Gasteiger partial charge is 0.276 e. The average Bonchev–Trinajstić information content (AvgIpc) is 3.15. The van der Waals surface area contributed by atoms with E-state index in [1.807, 2.05) is 6.20 Å².